The third-order valence-corrected chi connectivity index (χ3v) is 42.9. The molecule has 1 aromatic carbocycles. The van der Waals surface area contributed by atoms with Crippen molar-refractivity contribution in [3.8, 4) is 0 Å². The van der Waals surface area contributed by atoms with Crippen LogP contribution in [0.25, 0.3) is 3.59 Å². The van der Waals surface area contributed by atoms with Crippen LogP contribution in [-0.4, -0.2) is 55.5 Å². The summed E-state index contributed by atoms with van der Waals surface area (Å²) in [4.78, 5) is 12.6. The molecule has 0 N–H and O–H groups in total. The Hall–Kier alpha value is -0.183. The van der Waals surface area contributed by atoms with Crippen LogP contribution in [0.4, 0.5) is 13.2 Å². The van der Waals surface area contributed by atoms with Crippen molar-refractivity contribution in [2.24, 2.45) is 0 Å². The Morgan fingerprint density at radius 3 is 1.21 bits per heavy atom. The maximum atomic E-state index is 16.2. The van der Waals surface area contributed by atoms with Crippen molar-refractivity contribution in [2.45, 2.75) is 158 Å². The number of alkyl halides is 3. The number of esters is 1. The zero-order chi connectivity index (χ0) is 32.4. The molecule has 0 fully saturated rings. The van der Waals surface area contributed by atoms with E-state index in [4.69, 9.17) is 4.74 Å². The van der Waals surface area contributed by atoms with Gasteiger partial charge in [-0.1, -0.05) is 0 Å². The molecule has 0 radical (unpaired) electrons. The monoisotopic (exact) mass is 824 g/mol. The van der Waals surface area contributed by atoms with Crippen molar-refractivity contribution in [3.05, 3.63) is 39.0 Å². The second-order valence-electron chi connectivity index (χ2n) is 12.7. The Morgan fingerprint density at radius 1 is 0.581 bits per heavy atom. The van der Waals surface area contributed by atoms with Gasteiger partial charge in [-0.3, -0.25) is 0 Å². The number of hydrogen-bond donors (Lipinski definition) is 0. The van der Waals surface area contributed by atoms with Gasteiger partial charge in [0.15, 0.2) is 0 Å². The van der Waals surface area contributed by atoms with Crippen LogP contribution >= 0.6 is 0 Å². The zero-order valence-electron chi connectivity index (χ0n) is 28.7. The number of benzene rings is 1. The van der Waals surface area contributed by atoms with Crippen molar-refractivity contribution in [3.63, 3.8) is 0 Å². The number of halogens is 3. The van der Waals surface area contributed by atoms with E-state index in [1.807, 2.05) is 12.1 Å². The Bertz CT molecular complexity index is 897. The first-order chi connectivity index (χ1) is 20.6. The van der Waals surface area contributed by atoms with Gasteiger partial charge in [0, 0.05) is 0 Å². The molecule has 0 saturated carbocycles. The first-order valence-corrected chi connectivity index (χ1v) is 32.6. The molecule has 0 amide bonds. The van der Waals surface area contributed by atoms with Gasteiger partial charge in [0.25, 0.3) is 0 Å². The van der Waals surface area contributed by atoms with Crippen LogP contribution in [0.2, 0.25) is 26.6 Å². The summed E-state index contributed by atoms with van der Waals surface area (Å²) in [7, 11) is 0. The quantitative estimate of drug-likeness (QED) is 0.0812. The van der Waals surface area contributed by atoms with E-state index in [9.17, 15) is 4.79 Å². The van der Waals surface area contributed by atoms with E-state index < -0.39 is 48.9 Å². The molecule has 0 aliphatic heterocycles. The summed E-state index contributed by atoms with van der Waals surface area (Å²) >= 11 is -7.63. The minimum absolute atomic E-state index is 0.0557. The number of hydrogen-bond acceptors (Lipinski definition) is 2. The van der Waals surface area contributed by atoms with Crippen LogP contribution < -0.4 is 0 Å². The summed E-state index contributed by atoms with van der Waals surface area (Å²) in [6.07, 6.45) is 7.33. The minimum atomic E-state index is -4.31. The van der Waals surface area contributed by atoms with Crippen LogP contribution in [0.3, 0.4) is 0 Å². The van der Waals surface area contributed by atoms with Gasteiger partial charge in [-0.15, -0.1) is 0 Å². The number of carbonyl (C=O) groups is 1. The first-order valence-electron chi connectivity index (χ1n) is 17.7. The Balaban J connectivity index is 4.42. The van der Waals surface area contributed by atoms with E-state index in [0.717, 1.165) is 113 Å². The van der Waals surface area contributed by atoms with Gasteiger partial charge in [-0.25, -0.2) is 0 Å². The van der Waals surface area contributed by atoms with Crippen molar-refractivity contribution in [1.82, 2.24) is 0 Å². The van der Waals surface area contributed by atoms with Crippen molar-refractivity contribution >= 4 is 46.3 Å². The molecule has 1 aromatic rings. The van der Waals surface area contributed by atoms with E-state index in [-0.39, 0.29) is 10.2 Å². The zero-order valence-corrected chi connectivity index (χ0v) is 34.4. The molecular formula is C36H63F3O2Sn2. The molecule has 43 heavy (non-hydrogen) atoms. The SMILES string of the molecule is CCC[CH2][Sn]([CH2]CCC)([CH2]CCC)/[C](=[C](/C(F)(F)F)[Sn]([CH2]CCC)([CH2]CCC)[CH2]CCC)c1ccc(C(=O)OCC)cc1. The number of allylic oxidation sites excluding steroid dienone is 1. The van der Waals surface area contributed by atoms with Gasteiger partial charge >= 0.3 is 273 Å². The van der Waals surface area contributed by atoms with Crippen LogP contribution in [0.5, 0.6) is 0 Å². The third kappa shape index (κ3) is 12.5. The normalized spacial score (nSPS) is 13.3. The van der Waals surface area contributed by atoms with E-state index >= 15 is 13.2 Å². The van der Waals surface area contributed by atoms with E-state index in [2.05, 4.69) is 41.5 Å². The van der Waals surface area contributed by atoms with E-state index in [1.54, 1.807) is 19.1 Å². The summed E-state index contributed by atoms with van der Waals surface area (Å²) in [5.74, 6) is -0.407. The molecule has 0 aromatic heterocycles. The maximum absolute atomic E-state index is 16.2. The van der Waals surface area contributed by atoms with E-state index in [0.29, 0.717) is 5.56 Å². The van der Waals surface area contributed by atoms with E-state index in [1.165, 1.54) is 0 Å². The topological polar surface area (TPSA) is 26.3 Å². The standard InChI is InChI=1S/C12H9F3O2.6C4H9.2Sn/c1-2-17-11(16)10-5-3-9(4-6-10)7-8-12(13,14)15;6*1-3-4-2;;/h3-6H,2H2,1H3;6*1,3-4H2,2H3;;. The van der Waals surface area contributed by atoms with Crippen molar-refractivity contribution in [1.29, 1.82) is 0 Å². The first kappa shape index (κ1) is 40.8. The predicted molar refractivity (Wildman–Crippen MR) is 185 cm³/mol. The van der Waals surface area contributed by atoms with Gasteiger partial charge in [-0.2, -0.15) is 0 Å². The fourth-order valence-electron chi connectivity index (χ4n) is 7.00. The van der Waals surface area contributed by atoms with Gasteiger partial charge in [-0.05, 0) is 0 Å². The molecule has 0 bridgehead atoms. The number of rotatable bonds is 23. The van der Waals surface area contributed by atoms with Crippen molar-refractivity contribution < 1.29 is 22.7 Å². The second kappa shape index (κ2) is 21.6. The molecule has 0 aliphatic carbocycles. The fraction of sp³-hybridized carbons (Fsp3) is 0.750. The molecule has 0 atom stereocenters. The molecule has 0 unspecified atom stereocenters. The molecule has 0 heterocycles. The Morgan fingerprint density at radius 2 is 0.907 bits per heavy atom. The van der Waals surface area contributed by atoms with Gasteiger partial charge in [0.1, 0.15) is 0 Å². The molecule has 0 aliphatic rings. The number of carbonyl (C=O) groups excluding carboxylic acids is 1. The summed E-state index contributed by atoms with van der Waals surface area (Å²) in [6.45, 7) is 15.0. The molecule has 0 spiro atoms. The average molecular weight is 822 g/mol. The van der Waals surface area contributed by atoms with Gasteiger partial charge in [0.05, 0.1) is 0 Å². The average Bonchev–Trinajstić information content (AvgIpc) is 2.99. The molecule has 0 saturated heterocycles. The van der Waals surface area contributed by atoms with Crippen LogP contribution in [0.1, 0.15) is 141 Å². The third-order valence-electron chi connectivity index (χ3n) is 9.33. The summed E-state index contributed by atoms with van der Waals surface area (Å²) in [5, 5.41) is 0. The van der Waals surface area contributed by atoms with Crippen LogP contribution in [-0.2, 0) is 4.74 Å². The fourth-order valence-corrected chi connectivity index (χ4v) is 51.1. The molecule has 1 rings (SSSR count). The van der Waals surface area contributed by atoms with Gasteiger partial charge < -0.3 is 0 Å². The number of ether oxygens (including phenoxy) is 1. The van der Waals surface area contributed by atoms with Crippen LogP contribution in [0, 0.1) is 0 Å². The Kier molecular flexibility index (Phi) is 20.5. The number of unbranched alkanes of at least 4 members (excludes halogenated alkanes) is 6. The summed E-state index contributed by atoms with van der Waals surface area (Å²) in [6, 6.07) is 7.22. The Labute approximate surface area is 271 Å². The molecular weight excluding hydrogens is 759 g/mol. The van der Waals surface area contributed by atoms with Crippen molar-refractivity contribution in [2.75, 3.05) is 6.61 Å². The summed E-state index contributed by atoms with van der Waals surface area (Å²) in [5.41, 5.74) is 1.21. The van der Waals surface area contributed by atoms with Crippen LogP contribution in [0.15, 0.2) is 27.9 Å². The molecule has 248 valence electrons. The molecule has 7 heteroatoms. The van der Waals surface area contributed by atoms with Gasteiger partial charge in [0.2, 0.25) is 0 Å². The summed E-state index contributed by atoms with van der Waals surface area (Å²) < 4.78 is 60.1. The predicted octanol–water partition coefficient (Wildman–Crippen LogP) is 13.0. The second-order valence-corrected chi connectivity index (χ2v) is 38.8. The molecule has 2 nitrogen and oxygen atoms in total.